The average Bonchev–Trinajstić information content (AvgIpc) is 2.81. The zero-order valence-electron chi connectivity index (χ0n) is 11.2. The van der Waals surface area contributed by atoms with Gasteiger partial charge in [-0.1, -0.05) is 6.07 Å². The van der Waals surface area contributed by atoms with Crippen molar-refractivity contribution >= 4 is 38.8 Å². The van der Waals surface area contributed by atoms with Gasteiger partial charge < -0.3 is 11.1 Å². The SMILES string of the molecule is Cc1ccc(F)cc1NC(=O)c1sc2ncccc2c1N. The van der Waals surface area contributed by atoms with E-state index in [0.717, 1.165) is 10.9 Å². The molecule has 0 unspecified atom stereocenters. The quantitative estimate of drug-likeness (QED) is 0.760. The first-order valence-corrected chi connectivity index (χ1v) is 7.08. The number of aromatic nitrogens is 1. The minimum Gasteiger partial charge on any atom is -0.397 e. The first-order valence-electron chi connectivity index (χ1n) is 6.27. The fourth-order valence-electron chi connectivity index (χ4n) is 2.03. The molecule has 0 aliphatic carbocycles. The van der Waals surface area contributed by atoms with Gasteiger partial charge in [0.2, 0.25) is 0 Å². The number of pyridine rings is 1. The van der Waals surface area contributed by atoms with Crippen LogP contribution in [-0.2, 0) is 0 Å². The van der Waals surface area contributed by atoms with Crippen molar-refractivity contribution in [3.63, 3.8) is 0 Å². The van der Waals surface area contributed by atoms with Gasteiger partial charge in [0.25, 0.3) is 5.91 Å². The Kier molecular flexibility index (Phi) is 3.31. The number of halogens is 1. The number of hydrogen-bond donors (Lipinski definition) is 2. The standard InChI is InChI=1S/C15H12FN3OS/c1-8-4-5-9(16)7-11(8)19-14(20)13-12(17)10-3-2-6-18-15(10)21-13/h2-7H,17H2,1H3,(H,19,20). The predicted molar refractivity (Wildman–Crippen MR) is 83.1 cm³/mol. The van der Waals surface area contributed by atoms with Gasteiger partial charge in [-0.2, -0.15) is 0 Å². The van der Waals surface area contributed by atoms with Crippen LogP contribution >= 0.6 is 11.3 Å². The second-order valence-electron chi connectivity index (χ2n) is 4.61. The Hall–Kier alpha value is -2.47. The number of hydrogen-bond acceptors (Lipinski definition) is 4. The Labute approximate surface area is 124 Å². The van der Waals surface area contributed by atoms with Crippen LogP contribution < -0.4 is 11.1 Å². The van der Waals surface area contributed by atoms with Gasteiger partial charge >= 0.3 is 0 Å². The van der Waals surface area contributed by atoms with Crippen LogP contribution in [0.15, 0.2) is 36.5 Å². The Bertz CT molecular complexity index is 844. The van der Waals surface area contributed by atoms with Gasteiger partial charge in [-0.25, -0.2) is 9.37 Å². The minimum atomic E-state index is -0.401. The third-order valence-electron chi connectivity index (χ3n) is 3.16. The summed E-state index contributed by atoms with van der Waals surface area (Å²) >= 11 is 1.22. The molecule has 3 N–H and O–H groups in total. The molecule has 2 aromatic heterocycles. The number of thiophene rings is 1. The molecule has 0 fully saturated rings. The van der Waals surface area contributed by atoms with Crippen LogP contribution in [0.3, 0.4) is 0 Å². The van der Waals surface area contributed by atoms with Gasteiger partial charge in [0, 0.05) is 17.3 Å². The van der Waals surface area contributed by atoms with E-state index in [1.165, 1.54) is 23.5 Å². The molecule has 0 aliphatic rings. The number of rotatable bonds is 2. The van der Waals surface area contributed by atoms with Crippen molar-refractivity contribution in [1.82, 2.24) is 4.98 Å². The summed E-state index contributed by atoms with van der Waals surface area (Å²) in [6, 6.07) is 7.83. The molecule has 0 aliphatic heterocycles. The van der Waals surface area contributed by atoms with E-state index in [1.54, 1.807) is 25.3 Å². The highest BCUT2D eigenvalue weighted by molar-refractivity contribution is 7.21. The summed E-state index contributed by atoms with van der Waals surface area (Å²) in [5, 5.41) is 3.45. The molecule has 0 radical (unpaired) electrons. The summed E-state index contributed by atoms with van der Waals surface area (Å²) in [6.07, 6.45) is 1.65. The summed E-state index contributed by atoms with van der Waals surface area (Å²) in [4.78, 5) is 17.6. The smallest absolute Gasteiger partial charge is 0.267 e. The lowest BCUT2D eigenvalue weighted by Gasteiger charge is -2.07. The molecule has 0 saturated carbocycles. The number of carbonyl (C=O) groups is 1. The Morgan fingerprint density at radius 2 is 2.19 bits per heavy atom. The molecule has 0 spiro atoms. The molecule has 0 bridgehead atoms. The number of benzene rings is 1. The van der Waals surface area contributed by atoms with Gasteiger partial charge in [0.1, 0.15) is 15.5 Å². The van der Waals surface area contributed by atoms with E-state index < -0.39 is 5.82 Å². The van der Waals surface area contributed by atoms with Gasteiger partial charge in [-0.05, 0) is 36.8 Å². The lowest BCUT2D eigenvalue weighted by atomic mass is 10.2. The number of aryl methyl sites for hydroxylation is 1. The van der Waals surface area contributed by atoms with Crippen LogP contribution in [0.5, 0.6) is 0 Å². The topological polar surface area (TPSA) is 68.0 Å². The molecule has 0 atom stereocenters. The second-order valence-corrected chi connectivity index (χ2v) is 5.61. The van der Waals surface area contributed by atoms with Crippen LogP contribution in [0.1, 0.15) is 15.2 Å². The number of fused-ring (bicyclic) bond motifs is 1. The number of nitrogens with one attached hydrogen (secondary N) is 1. The van der Waals surface area contributed by atoms with Crippen molar-refractivity contribution in [3.05, 3.63) is 52.8 Å². The lowest BCUT2D eigenvalue weighted by Crippen LogP contribution is -2.13. The fourth-order valence-corrected chi connectivity index (χ4v) is 2.99. The zero-order chi connectivity index (χ0) is 15.0. The zero-order valence-corrected chi connectivity index (χ0v) is 12.0. The Balaban J connectivity index is 1.97. The van der Waals surface area contributed by atoms with Gasteiger partial charge in [0.05, 0.1) is 5.69 Å². The molecular formula is C15H12FN3OS. The minimum absolute atomic E-state index is 0.357. The number of anilines is 2. The van der Waals surface area contributed by atoms with Gasteiger partial charge in [0.15, 0.2) is 0 Å². The normalized spacial score (nSPS) is 10.8. The van der Waals surface area contributed by atoms with Gasteiger partial charge in [-0.3, -0.25) is 4.79 Å². The molecule has 0 saturated heterocycles. The number of nitrogens with two attached hydrogens (primary N) is 1. The molecule has 21 heavy (non-hydrogen) atoms. The molecule has 1 aromatic carbocycles. The van der Waals surface area contributed by atoms with Crippen LogP contribution in [0.2, 0.25) is 0 Å². The van der Waals surface area contributed by atoms with E-state index in [9.17, 15) is 9.18 Å². The fraction of sp³-hybridized carbons (Fsp3) is 0.0667. The molecule has 1 amide bonds. The highest BCUT2D eigenvalue weighted by Gasteiger charge is 2.17. The van der Waals surface area contributed by atoms with Crippen molar-refractivity contribution in [2.24, 2.45) is 0 Å². The monoisotopic (exact) mass is 301 g/mol. The maximum absolute atomic E-state index is 13.3. The molecule has 3 aromatic rings. The third kappa shape index (κ3) is 2.45. The van der Waals surface area contributed by atoms with E-state index >= 15 is 0 Å². The average molecular weight is 301 g/mol. The highest BCUT2D eigenvalue weighted by Crippen LogP contribution is 2.32. The van der Waals surface area contributed by atoms with Gasteiger partial charge in [-0.15, -0.1) is 11.3 Å². The van der Waals surface area contributed by atoms with Crippen LogP contribution in [-0.4, -0.2) is 10.9 Å². The summed E-state index contributed by atoms with van der Waals surface area (Å²) in [7, 11) is 0. The predicted octanol–water partition coefficient (Wildman–Crippen LogP) is 3.58. The van der Waals surface area contributed by atoms with E-state index in [1.807, 2.05) is 6.07 Å². The van der Waals surface area contributed by atoms with Crippen LogP contribution in [0, 0.1) is 12.7 Å². The highest BCUT2D eigenvalue weighted by atomic mass is 32.1. The van der Waals surface area contributed by atoms with Crippen molar-refractivity contribution in [2.75, 3.05) is 11.1 Å². The summed E-state index contributed by atoms with van der Waals surface area (Å²) in [6.45, 7) is 1.80. The Morgan fingerprint density at radius 3 is 2.95 bits per heavy atom. The third-order valence-corrected chi connectivity index (χ3v) is 4.29. The molecule has 4 nitrogen and oxygen atoms in total. The molecule has 6 heteroatoms. The molecular weight excluding hydrogens is 289 g/mol. The molecule has 2 heterocycles. The van der Waals surface area contributed by atoms with Crippen molar-refractivity contribution in [2.45, 2.75) is 6.92 Å². The summed E-state index contributed by atoms with van der Waals surface area (Å²) in [5.41, 5.74) is 7.61. The van der Waals surface area contributed by atoms with Crippen LogP contribution in [0.4, 0.5) is 15.8 Å². The molecule has 106 valence electrons. The first-order chi connectivity index (χ1) is 10.1. The Morgan fingerprint density at radius 1 is 1.38 bits per heavy atom. The van der Waals surface area contributed by atoms with Crippen LogP contribution in [0.25, 0.3) is 10.2 Å². The summed E-state index contributed by atoms with van der Waals surface area (Å²) < 4.78 is 13.3. The van der Waals surface area contributed by atoms with Crippen molar-refractivity contribution in [1.29, 1.82) is 0 Å². The lowest BCUT2D eigenvalue weighted by molar-refractivity contribution is 0.103. The maximum Gasteiger partial charge on any atom is 0.267 e. The largest absolute Gasteiger partial charge is 0.397 e. The van der Waals surface area contributed by atoms with Crippen molar-refractivity contribution < 1.29 is 9.18 Å². The number of nitrogens with zero attached hydrogens (tertiary/aromatic N) is 1. The number of amides is 1. The van der Waals surface area contributed by atoms with E-state index in [4.69, 9.17) is 5.73 Å². The first kappa shape index (κ1) is 13.5. The number of nitrogen functional groups attached to an aromatic ring is 1. The maximum atomic E-state index is 13.3. The van der Waals surface area contributed by atoms with E-state index in [2.05, 4.69) is 10.3 Å². The van der Waals surface area contributed by atoms with E-state index in [-0.39, 0.29) is 5.91 Å². The van der Waals surface area contributed by atoms with Crippen molar-refractivity contribution in [3.8, 4) is 0 Å². The summed E-state index contributed by atoms with van der Waals surface area (Å²) in [5.74, 6) is -0.758. The second kappa shape index (κ2) is 5.14. The number of carbonyl (C=O) groups excluding carboxylic acids is 1. The van der Waals surface area contributed by atoms with E-state index in [0.29, 0.717) is 21.1 Å². The molecule has 3 rings (SSSR count).